The first-order valence-corrected chi connectivity index (χ1v) is 11.6. The van der Waals surface area contributed by atoms with Crippen LogP contribution in [0.25, 0.3) is 0 Å². The molecule has 0 radical (unpaired) electrons. The van der Waals surface area contributed by atoms with Gasteiger partial charge in [0.2, 0.25) is 0 Å². The molecule has 7 nitrogen and oxygen atoms in total. The van der Waals surface area contributed by atoms with E-state index in [9.17, 15) is 9.59 Å². The van der Waals surface area contributed by atoms with E-state index in [-0.39, 0.29) is 12.6 Å². The van der Waals surface area contributed by atoms with Gasteiger partial charge < -0.3 is 25.2 Å². The highest BCUT2D eigenvalue weighted by atomic mass is 35.5. The van der Waals surface area contributed by atoms with Crippen molar-refractivity contribution in [2.45, 2.75) is 6.92 Å². The number of para-hydroxylation sites is 1. The summed E-state index contributed by atoms with van der Waals surface area (Å²) in [7, 11) is 0. The molecule has 3 aromatic carbocycles. The average Bonchev–Trinajstić information content (AvgIpc) is 2.85. The fourth-order valence-electron chi connectivity index (χ4n) is 3.94. The van der Waals surface area contributed by atoms with Gasteiger partial charge >= 0.3 is 12.0 Å². The monoisotopic (exact) mass is 478 g/mol. The molecule has 2 amide bonds. The first-order chi connectivity index (χ1) is 16.5. The molecule has 0 saturated carbocycles. The zero-order valence-electron chi connectivity index (χ0n) is 19.0. The molecule has 0 spiro atoms. The number of carbonyl (C=O) groups is 2. The molecule has 176 valence electrons. The summed E-state index contributed by atoms with van der Waals surface area (Å²) >= 11 is 6.16. The topological polar surface area (TPSA) is 73.9 Å². The van der Waals surface area contributed by atoms with Crippen LogP contribution in [0.5, 0.6) is 0 Å². The van der Waals surface area contributed by atoms with Gasteiger partial charge in [0.25, 0.3) is 0 Å². The van der Waals surface area contributed by atoms with Gasteiger partial charge in [-0.1, -0.05) is 35.9 Å². The van der Waals surface area contributed by atoms with Crippen molar-refractivity contribution in [1.82, 2.24) is 0 Å². The van der Waals surface area contributed by atoms with E-state index in [1.165, 1.54) is 0 Å². The highest BCUT2D eigenvalue weighted by Crippen LogP contribution is 2.30. The molecule has 1 fully saturated rings. The van der Waals surface area contributed by atoms with Gasteiger partial charge in [-0.15, -0.1) is 0 Å². The number of hydrogen-bond donors (Lipinski definition) is 2. The molecule has 3 aromatic rings. The van der Waals surface area contributed by atoms with E-state index in [0.29, 0.717) is 22.0 Å². The van der Waals surface area contributed by atoms with Gasteiger partial charge in [0.1, 0.15) is 0 Å². The number of urea groups is 1. The van der Waals surface area contributed by atoms with Crippen molar-refractivity contribution < 1.29 is 14.3 Å². The van der Waals surface area contributed by atoms with Crippen molar-refractivity contribution in [2.24, 2.45) is 0 Å². The smallest absolute Gasteiger partial charge is 0.338 e. The number of hydrogen-bond acceptors (Lipinski definition) is 5. The zero-order valence-corrected chi connectivity index (χ0v) is 19.7. The fourth-order valence-corrected chi connectivity index (χ4v) is 4.12. The predicted molar refractivity (Wildman–Crippen MR) is 137 cm³/mol. The van der Waals surface area contributed by atoms with Crippen molar-refractivity contribution in [3.8, 4) is 0 Å². The maximum Gasteiger partial charge on any atom is 0.338 e. The summed E-state index contributed by atoms with van der Waals surface area (Å²) < 4.78 is 5.14. The van der Waals surface area contributed by atoms with E-state index < -0.39 is 5.97 Å². The van der Waals surface area contributed by atoms with Gasteiger partial charge in [0, 0.05) is 42.6 Å². The third-order valence-electron chi connectivity index (χ3n) is 5.58. The normalized spacial score (nSPS) is 13.4. The molecule has 0 unspecified atom stereocenters. The van der Waals surface area contributed by atoms with Crippen molar-refractivity contribution in [1.29, 1.82) is 0 Å². The van der Waals surface area contributed by atoms with Gasteiger partial charge in [-0.25, -0.2) is 9.59 Å². The Morgan fingerprint density at radius 3 is 2.32 bits per heavy atom. The van der Waals surface area contributed by atoms with Crippen LogP contribution in [0.1, 0.15) is 17.3 Å². The summed E-state index contributed by atoms with van der Waals surface area (Å²) in [6.45, 7) is 5.15. The minimum absolute atomic E-state index is 0.281. The average molecular weight is 479 g/mol. The SMILES string of the molecule is CCOC(=O)c1ccc(N2CCN(c3cccc(Cl)c3)CC2)c(NC(=O)Nc2ccccc2)c1. The first-order valence-electron chi connectivity index (χ1n) is 11.2. The minimum Gasteiger partial charge on any atom is -0.462 e. The largest absolute Gasteiger partial charge is 0.462 e. The Morgan fingerprint density at radius 2 is 1.62 bits per heavy atom. The molecule has 0 atom stereocenters. The van der Waals surface area contributed by atoms with E-state index in [1.54, 1.807) is 19.1 Å². The second-order valence-corrected chi connectivity index (χ2v) is 8.29. The van der Waals surface area contributed by atoms with E-state index >= 15 is 0 Å². The summed E-state index contributed by atoms with van der Waals surface area (Å²) in [4.78, 5) is 29.5. The quantitative estimate of drug-likeness (QED) is 0.458. The highest BCUT2D eigenvalue weighted by molar-refractivity contribution is 6.30. The number of piperazine rings is 1. The second kappa shape index (κ2) is 10.9. The molecular formula is C26H27ClN4O3. The molecule has 1 aliphatic heterocycles. The van der Waals surface area contributed by atoms with Crippen LogP contribution in [-0.2, 0) is 4.74 Å². The maximum atomic E-state index is 12.7. The number of esters is 1. The van der Waals surface area contributed by atoms with E-state index in [2.05, 4.69) is 26.5 Å². The summed E-state index contributed by atoms with van der Waals surface area (Å²) in [6.07, 6.45) is 0. The Morgan fingerprint density at radius 1 is 0.882 bits per heavy atom. The Kier molecular flexibility index (Phi) is 7.54. The lowest BCUT2D eigenvalue weighted by molar-refractivity contribution is 0.0526. The third-order valence-corrected chi connectivity index (χ3v) is 5.82. The number of anilines is 4. The lowest BCUT2D eigenvalue weighted by Crippen LogP contribution is -2.46. The number of rotatable bonds is 6. The number of ether oxygens (including phenoxy) is 1. The van der Waals surface area contributed by atoms with Crippen LogP contribution < -0.4 is 20.4 Å². The first kappa shape index (κ1) is 23.4. The Balaban J connectivity index is 1.52. The molecule has 34 heavy (non-hydrogen) atoms. The summed E-state index contributed by atoms with van der Waals surface area (Å²) in [6, 6.07) is 21.9. The van der Waals surface area contributed by atoms with Crippen molar-refractivity contribution in [2.75, 3.05) is 53.2 Å². The van der Waals surface area contributed by atoms with Crippen LogP contribution in [0.3, 0.4) is 0 Å². The van der Waals surface area contributed by atoms with Gasteiger partial charge in [-0.3, -0.25) is 0 Å². The Labute approximate surface area is 204 Å². The number of nitrogens with one attached hydrogen (secondary N) is 2. The summed E-state index contributed by atoms with van der Waals surface area (Å²) in [5, 5.41) is 6.45. The minimum atomic E-state index is -0.425. The van der Waals surface area contributed by atoms with Crippen molar-refractivity contribution in [3.63, 3.8) is 0 Å². The lowest BCUT2D eigenvalue weighted by Gasteiger charge is -2.38. The van der Waals surface area contributed by atoms with Crippen LogP contribution in [0.2, 0.25) is 5.02 Å². The molecule has 2 N–H and O–H groups in total. The molecular weight excluding hydrogens is 452 g/mol. The molecule has 8 heteroatoms. The summed E-state index contributed by atoms with van der Waals surface area (Å²) in [5.74, 6) is -0.425. The fraction of sp³-hybridized carbons (Fsp3) is 0.231. The Bertz CT molecular complexity index is 1150. The van der Waals surface area contributed by atoms with Crippen LogP contribution >= 0.6 is 11.6 Å². The molecule has 0 aromatic heterocycles. The standard InChI is InChI=1S/C26H27ClN4O3/c1-2-34-25(32)19-11-12-24(23(17-19)29-26(33)28-21-8-4-3-5-9-21)31-15-13-30(14-16-31)22-10-6-7-20(27)18-22/h3-12,17-18H,2,13-16H2,1H3,(H2,28,29,33). The van der Waals surface area contributed by atoms with E-state index in [0.717, 1.165) is 37.6 Å². The summed E-state index contributed by atoms with van der Waals surface area (Å²) in [5.41, 5.74) is 3.55. The predicted octanol–water partition coefficient (Wildman–Crippen LogP) is 5.49. The molecule has 4 rings (SSSR count). The zero-order chi connectivity index (χ0) is 23.9. The van der Waals surface area contributed by atoms with Crippen LogP contribution in [0.15, 0.2) is 72.8 Å². The third kappa shape index (κ3) is 5.80. The van der Waals surface area contributed by atoms with Gasteiger partial charge in [0.15, 0.2) is 0 Å². The molecule has 0 aliphatic carbocycles. The molecule has 0 bridgehead atoms. The van der Waals surface area contributed by atoms with Crippen LogP contribution in [0.4, 0.5) is 27.5 Å². The second-order valence-electron chi connectivity index (χ2n) is 7.85. The molecule has 1 saturated heterocycles. The maximum absolute atomic E-state index is 12.7. The molecule has 1 heterocycles. The number of carbonyl (C=O) groups excluding carboxylic acids is 2. The lowest BCUT2D eigenvalue weighted by atomic mass is 10.1. The molecule has 1 aliphatic rings. The number of nitrogens with zero attached hydrogens (tertiary/aromatic N) is 2. The van der Waals surface area contributed by atoms with Crippen LogP contribution in [-0.4, -0.2) is 44.8 Å². The van der Waals surface area contributed by atoms with Gasteiger partial charge in [-0.05, 0) is 55.5 Å². The Hall–Kier alpha value is -3.71. The van der Waals surface area contributed by atoms with Crippen molar-refractivity contribution >= 4 is 46.4 Å². The number of halogens is 1. The van der Waals surface area contributed by atoms with Gasteiger partial charge in [-0.2, -0.15) is 0 Å². The highest BCUT2D eigenvalue weighted by Gasteiger charge is 2.22. The number of benzene rings is 3. The van der Waals surface area contributed by atoms with Crippen molar-refractivity contribution in [3.05, 3.63) is 83.4 Å². The van der Waals surface area contributed by atoms with Gasteiger partial charge in [0.05, 0.1) is 23.5 Å². The van der Waals surface area contributed by atoms with Crippen LogP contribution in [0, 0.1) is 0 Å². The van der Waals surface area contributed by atoms with E-state index in [1.807, 2.05) is 54.6 Å². The number of amides is 2. The van der Waals surface area contributed by atoms with E-state index in [4.69, 9.17) is 16.3 Å².